The second-order valence-corrected chi connectivity index (χ2v) is 5.26. The Morgan fingerprint density at radius 2 is 1.94 bits per heavy atom. The first-order valence-corrected chi connectivity index (χ1v) is 6.62. The molecule has 0 aromatic heterocycles. The van der Waals surface area contributed by atoms with Gasteiger partial charge in [-0.15, -0.1) is 6.58 Å². The highest BCUT2D eigenvalue weighted by Crippen LogP contribution is 2.29. The van der Waals surface area contributed by atoms with Crippen molar-refractivity contribution in [1.82, 2.24) is 5.32 Å². The van der Waals surface area contributed by atoms with Crippen LogP contribution < -0.4 is 5.32 Å². The molecular formula is C16H24FN. The lowest BCUT2D eigenvalue weighted by Gasteiger charge is -2.35. The van der Waals surface area contributed by atoms with Crippen LogP contribution in [0.25, 0.3) is 0 Å². The molecule has 0 saturated heterocycles. The Hall–Kier alpha value is -1.15. The molecule has 1 nitrogen and oxygen atoms in total. The van der Waals surface area contributed by atoms with Gasteiger partial charge in [-0.05, 0) is 37.1 Å². The molecule has 0 aliphatic carbocycles. The maximum absolute atomic E-state index is 13.0. The minimum atomic E-state index is -0.184. The molecular weight excluding hydrogens is 225 g/mol. The van der Waals surface area contributed by atoms with E-state index >= 15 is 0 Å². The number of hydrogen-bond donors (Lipinski definition) is 1. The Morgan fingerprint density at radius 1 is 1.33 bits per heavy atom. The van der Waals surface area contributed by atoms with Crippen LogP contribution in [-0.2, 0) is 5.41 Å². The Balaban J connectivity index is 2.91. The third-order valence-corrected chi connectivity index (χ3v) is 3.50. The van der Waals surface area contributed by atoms with Crippen LogP contribution in [0.15, 0.2) is 36.9 Å². The summed E-state index contributed by atoms with van der Waals surface area (Å²) >= 11 is 0. The molecule has 0 amide bonds. The highest BCUT2D eigenvalue weighted by atomic mass is 19.1. The largest absolute Gasteiger partial charge is 0.313 e. The average Bonchev–Trinajstić information content (AvgIpc) is 2.35. The quantitative estimate of drug-likeness (QED) is 0.719. The van der Waals surface area contributed by atoms with Gasteiger partial charge in [-0.1, -0.05) is 39.0 Å². The Morgan fingerprint density at radius 3 is 2.44 bits per heavy atom. The predicted octanol–water partition coefficient (Wildman–Crippen LogP) is 4.05. The summed E-state index contributed by atoms with van der Waals surface area (Å²) in [6.07, 6.45) is 3.95. The standard InChI is InChI=1S/C16H24FN/c1-5-7-15(18-12-6-2)16(3,4)13-8-10-14(17)11-9-13/h5,8-11,15,18H,1,6-7,12H2,2-4H3. The zero-order valence-electron chi connectivity index (χ0n) is 11.7. The van der Waals surface area contributed by atoms with Crippen molar-refractivity contribution in [3.8, 4) is 0 Å². The van der Waals surface area contributed by atoms with E-state index in [2.05, 4.69) is 32.7 Å². The van der Waals surface area contributed by atoms with E-state index < -0.39 is 0 Å². The fourth-order valence-electron chi connectivity index (χ4n) is 2.20. The van der Waals surface area contributed by atoms with Crippen LogP contribution in [-0.4, -0.2) is 12.6 Å². The molecule has 1 unspecified atom stereocenters. The Bertz CT molecular complexity index is 367. The van der Waals surface area contributed by atoms with Crippen LogP contribution in [0.4, 0.5) is 4.39 Å². The van der Waals surface area contributed by atoms with Crippen LogP contribution in [0.3, 0.4) is 0 Å². The van der Waals surface area contributed by atoms with Crippen LogP contribution in [0, 0.1) is 5.82 Å². The topological polar surface area (TPSA) is 12.0 Å². The van der Waals surface area contributed by atoms with Gasteiger partial charge in [0.15, 0.2) is 0 Å². The second kappa shape index (κ2) is 6.69. The highest BCUT2D eigenvalue weighted by Gasteiger charge is 2.29. The van der Waals surface area contributed by atoms with Crippen LogP contribution in [0.1, 0.15) is 39.2 Å². The van der Waals surface area contributed by atoms with Crippen molar-refractivity contribution in [1.29, 1.82) is 0 Å². The smallest absolute Gasteiger partial charge is 0.123 e. The number of benzene rings is 1. The molecule has 1 rings (SSSR count). The van der Waals surface area contributed by atoms with Crippen molar-refractivity contribution >= 4 is 0 Å². The number of rotatable bonds is 7. The average molecular weight is 249 g/mol. The van der Waals surface area contributed by atoms with Gasteiger partial charge in [0.2, 0.25) is 0 Å². The Labute approximate surface area is 110 Å². The zero-order chi connectivity index (χ0) is 13.6. The maximum atomic E-state index is 13.0. The van der Waals surface area contributed by atoms with Gasteiger partial charge in [-0.2, -0.15) is 0 Å². The number of nitrogens with one attached hydrogen (secondary N) is 1. The molecule has 0 radical (unpaired) electrons. The zero-order valence-corrected chi connectivity index (χ0v) is 11.7. The second-order valence-electron chi connectivity index (χ2n) is 5.26. The molecule has 0 heterocycles. The summed E-state index contributed by atoms with van der Waals surface area (Å²) in [6, 6.07) is 7.13. The molecule has 18 heavy (non-hydrogen) atoms. The molecule has 1 N–H and O–H groups in total. The van der Waals surface area contributed by atoms with Gasteiger partial charge in [0.25, 0.3) is 0 Å². The van der Waals surface area contributed by atoms with E-state index in [-0.39, 0.29) is 11.2 Å². The van der Waals surface area contributed by atoms with Gasteiger partial charge in [-0.25, -0.2) is 4.39 Å². The fourth-order valence-corrected chi connectivity index (χ4v) is 2.20. The molecule has 0 spiro atoms. The number of hydrogen-bond acceptors (Lipinski definition) is 1. The van der Waals surface area contributed by atoms with Crippen LogP contribution in [0.5, 0.6) is 0 Å². The van der Waals surface area contributed by atoms with Crippen molar-refractivity contribution in [3.05, 3.63) is 48.3 Å². The molecule has 100 valence electrons. The van der Waals surface area contributed by atoms with Crippen molar-refractivity contribution in [2.75, 3.05) is 6.54 Å². The van der Waals surface area contributed by atoms with Gasteiger partial charge in [0, 0.05) is 11.5 Å². The molecule has 1 aromatic rings. The van der Waals surface area contributed by atoms with Crippen molar-refractivity contribution in [3.63, 3.8) is 0 Å². The van der Waals surface area contributed by atoms with E-state index in [9.17, 15) is 4.39 Å². The monoisotopic (exact) mass is 249 g/mol. The molecule has 1 atom stereocenters. The lowest BCUT2D eigenvalue weighted by Crippen LogP contribution is -2.44. The van der Waals surface area contributed by atoms with Gasteiger partial charge in [0.05, 0.1) is 0 Å². The van der Waals surface area contributed by atoms with Crippen molar-refractivity contribution in [2.45, 2.75) is 45.1 Å². The third kappa shape index (κ3) is 3.67. The lowest BCUT2D eigenvalue weighted by molar-refractivity contribution is 0.341. The maximum Gasteiger partial charge on any atom is 0.123 e. The molecule has 2 heteroatoms. The minimum absolute atomic E-state index is 0.0446. The van der Waals surface area contributed by atoms with E-state index in [1.165, 1.54) is 12.1 Å². The van der Waals surface area contributed by atoms with Gasteiger partial charge in [-0.3, -0.25) is 0 Å². The van der Waals surface area contributed by atoms with E-state index in [0.29, 0.717) is 6.04 Å². The summed E-state index contributed by atoms with van der Waals surface area (Å²) in [4.78, 5) is 0. The summed E-state index contributed by atoms with van der Waals surface area (Å²) in [5.74, 6) is -0.184. The van der Waals surface area contributed by atoms with E-state index in [1.54, 1.807) is 0 Å². The van der Waals surface area contributed by atoms with Crippen LogP contribution >= 0.6 is 0 Å². The molecule has 0 fully saturated rings. The van der Waals surface area contributed by atoms with Crippen LogP contribution in [0.2, 0.25) is 0 Å². The molecule has 0 aliphatic rings. The van der Waals surface area contributed by atoms with E-state index in [0.717, 1.165) is 24.9 Å². The first kappa shape index (κ1) is 14.9. The summed E-state index contributed by atoms with van der Waals surface area (Å²) in [5, 5.41) is 3.56. The first-order chi connectivity index (χ1) is 8.52. The number of halogens is 1. The lowest BCUT2D eigenvalue weighted by atomic mass is 9.76. The van der Waals surface area contributed by atoms with Gasteiger partial charge in [0.1, 0.15) is 5.82 Å². The Kier molecular flexibility index (Phi) is 5.54. The highest BCUT2D eigenvalue weighted by molar-refractivity contribution is 5.26. The SMILES string of the molecule is C=CCC(NCCC)C(C)(C)c1ccc(F)cc1. The summed E-state index contributed by atoms with van der Waals surface area (Å²) < 4.78 is 13.0. The predicted molar refractivity (Wildman–Crippen MR) is 76.3 cm³/mol. The summed E-state index contributed by atoms with van der Waals surface area (Å²) in [5.41, 5.74) is 1.11. The first-order valence-electron chi connectivity index (χ1n) is 6.62. The van der Waals surface area contributed by atoms with Gasteiger partial charge >= 0.3 is 0 Å². The normalized spacial score (nSPS) is 13.3. The van der Waals surface area contributed by atoms with Crippen molar-refractivity contribution < 1.29 is 4.39 Å². The summed E-state index contributed by atoms with van der Waals surface area (Å²) in [6.45, 7) is 11.4. The van der Waals surface area contributed by atoms with E-state index in [1.807, 2.05) is 18.2 Å². The fraction of sp³-hybridized carbons (Fsp3) is 0.500. The summed E-state index contributed by atoms with van der Waals surface area (Å²) in [7, 11) is 0. The minimum Gasteiger partial charge on any atom is -0.313 e. The molecule has 1 aromatic carbocycles. The van der Waals surface area contributed by atoms with E-state index in [4.69, 9.17) is 0 Å². The molecule has 0 saturated carbocycles. The third-order valence-electron chi connectivity index (χ3n) is 3.50. The molecule has 0 aliphatic heterocycles. The molecule has 0 bridgehead atoms. The van der Waals surface area contributed by atoms with Gasteiger partial charge < -0.3 is 5.32 Å². The van der Waals surface area contributed by atoms with Crippen molar-refractivity contribution in [2.24, 2.45) is 0 Å².